The number of aromatic nitrogens is 5. The third kappa shape index (κ3) is 2.36. The van der Waals surface area contributed by atoms with E-state index in [9.17, 15) is 0 Å². The highest BCUT2D eigenvalue weighted by molar-refractivity contribution is 5.11. The van der Waals surface area contributed by atoms with Crippen LogP contribution in [0.3, 0.4) is 0 Å². The van der Waals surface area contributed by atoms with E-state index in [1.54, 1.807) is 11.0 Å². The molecule has 0 bridgehead atoms. The van der Waals surface area contributed by atoms with Crippen LogP contribution in [-0.4, -0.2) is 31.4 Å². The van der Waals surface area contributed by atoms with E-state index in [4.69, 9.17) is 0 Å². The van der Waals surface area contributed by atoms with Crippen molar-refractivity contribution < 1.29 is 0 Å². The predicted molar refractivity (Wildman–Crippen MR) is 64.4 cm³/mol. The number of imidazole rings is 1. The van der Waals surface area contributed by atoms with Gasteiger partial charge in [0.2, 0.25) is 0 Å². The van der Waals surface area contributed by atoms with Crippen molar-refractivity contribution in [2.75, 3.05) is 7.05 Å². The van der Waals surface area contributed by atoms with Crippen LogP contribution in [0.4, 0.5) is 0 Å². The van der Waals surface area contributed by atoms with Gasteiger partial charge in [-0.15, -0.1) is 0 Å². The number of hydrogen-bond acceptors (Lipinski definition) is 4. The van der Waals surface area contributed by atoms with Gasteiger partial charge in [0.1, 0.15) is 6.33 Å². The third-order valence-electron chi connectivity index (χ3n) is 2.94. The minimum Gasteiger partial charge on any atom is -0.325 e. The fourth-order valence-corrected chi connectivity index (χ4v) is 1.70. The molecule has 0 unspecified atom stereocenters. The smallest absolute Gasteiger partial charge is 0.170 e. The predicted octanol–water partition coefficient (Wildman–Crippen LogP) is 0.514. The lowest BCUT2D eigenvalue weighted by molar-refractivity contribution is 0.412. The normalized spacial score (nSPS) is 12.0. The molecular formula is C11H18N6. The van der Waals surface area contributed by atoms with Gasteiger partial charge in [0.05, 0.1) is 30.3 Å². The number of nitrogens with zero attached hydrogens (tertiary/aromatic N) is 5. The summed E-state index contributed by atoms with van der Waals surface area (Å²) in [7, 11) is 3.80. The van der Waals surface area contributed by atoms with Crippen LogP contribution in [0.25, 0.3) is 0 Å². The van der Waals surface area contributed by atoms with Gasteiger partial charge < -0.3 is 9.88 Å². The summed E-state index contributed by atoms with van der Waals surface area (Å²) < 4.78 is 3.76. The Kier molecular flexibility index (Phi) is 2.97. The van der Waals surface area contributed by atoms with Gasteiger partial charge in [-0.3, -0.25) is 4.68 Å². The fraction of sp³-hybridized carbons (Fsp3) is 0.545. The SMILES string of the molecule is CNC(C)(C)c1cncn1Cc1ncn(C)n1. The van der Waals surface area contributed by atoms with Crippen LogP contribution < -0.4 is 5.32 Å². The Morgan fingerprint density at radius 3 is 2.71 bits per heavy atom. The maximum absolute atomic E-state index is 4.27. The number of nitrogens with one attached hydrogen (secondary N) is 1. The van der Waals surface area contributed by atoms with Gasteiger partial charge in [0.25, 0.3) is 0 Å². The second kappa shape index (κ2) is 4.29. The molecule has 0 spiro atoms. The Morgan fingerprint density at radius 1 is 1.35 bits per heavy atom. The first-order valence-corrected chi connectivity index (χ1v) is 5.57. The van der Waals surface area contributed by atoms with Crippen molar-refractivity contribution in [3.63, 3.8) is 0 Å². The Labute approximate surface area is 101 Å². The lowest BCUT2D eigenvalue weighted by Crippen LogP contribution is -2.35. The molecule has 0 aliphatic rings. The molecular weight excluding hydrogens is 216 g/mol. The minimum atomic E-state index is -0.120. The van der Waals surface area contributed by atoms with E-state index in [1.165, 1.54) is 0 Å². The molecule has 2 aromatic rings. The Bertz CT molecular complexity index is 496. The summed E-state index contributed by atoms with van der Waals surface area (Å²) in [5.74, 6) is 0.790. The van der Waals surface area contributed by atoms with Crippen LogP contribution in [0.2, 0.25) is 0 Å². The van der Waals surface area contributed by atoms with Gasteiger partial charge >= 0.3 is 0 Å². The Balaban J connectivity index is 2.26. The number of hydrogen-bond donors (Lipinski definition) is 1. The average molecular weight is 234 g/mol. The topological polar surface area (TPSA) is 60.6 Å². The van der Waals surface area contributed by atoms with Crippen LogP contribution in [0.1, 0.15) is 25.4 Å². The monoisotopic (exact) mass is 234 g/mol. The molecule has 17 heavy (non-hydrogen) atoms. The molecule has 0 amide bonds. The molecule has 2 heterocycles. The average Bonchev–Trinajstić information content (AvgIpc) is 2.89. The minimum absolute atomic E-state index is 0.120. The molecule has 92 valence electrons. The standard InChI is InChI=1S/C11H18N6/c1-11(2,12-3)9-5-13-7-17(9)6-10-14-8-16(4)15-10/h5,7-8,12H,6H2,1-4H3. The lowest BCUT2D eigenvalue weighted by atomic mass is 10.0. The van der Waals surface area contributed by atoms with Gasteiger partial charge in [-0.1, -0.05) is 0 Å². The summed E-state index contributed by atoms with van der Waals surface area (Å²) >= 11 is 0. The lowest BCUT2D eigenvalue weighted by Gasteiger charge is -2.25. The quantitative estimate of drug-likeness (QED) is 0.837. The summed E-state index contributed by atoms with van der Waals surface area (Å²) in [6.45, 7) is 4.88. The summed E-state index contributed by atoms with van der Waals surface area (Å²) in [4.78, 5) is 8.42. The summed E-state index contributed by atoms with van der Waals surface area (Å²) in [5, 5.41) is 7.54. The summed E-state index contributed by atoms with van der Waals surface area (Å²) in [5.41, 5.74) is 0.998. The first kappa shape index (κ1) is 11.8. The van der Waals surface area contributed by atoms with E-state index >= 15 is 0 Å². The molecule has 6 heteroatoms. The molecule has 2 rings (SSSR count). The van der Waals surface area contributed by atoms with Crippen LogP contribution in [0.5, 0.6) is 0 Å². The Morgan fingerprint density at radius 2 is 2.12 bits per heavy atom. The van der Waals surface area contributed by atoms with Crippen LogP contribution >= 0.6 is 0 Å². The molecule has 0 radical (unpaired) electrons. The molecule has 0 aromatic carbocycles. The van der Waals surface area contributed by atoms with Gasteiger partial charge in [0.15, 0.2) is 5.82 Å². The van der Waals surface area contributed by atoms with Crippen LogP contribution in [-0.2, 0) is 19.1 Å². The molecule has 0 aliphatic carbocycles. The van der Waals surface area contributed by atoms with Crippen molar-refractivity contribution in [2.24, 2.45) is 7.05 Å². The molecule has 0 saturated heterocycles. The van der Waals surface area contributed by atoms with Gasteiger partial charge in [-0.2, -0.15) is 5.10 Å². The van der Waals surface area contributed by atoms with E-state index in [-0.39, 0.29) is 5.54 Å². The highest BCUT2D eigenvalue weighted by Gasteiger charge is 2.22. The Hall–Kier alpha value is -1.69. The van der Waals surface area contributed by atoms with E-state index in [0.717, 1.165) is 11.5 Å². The number of aryl methyl sites for hydroxylation is 1. The first-order chi connectivity index (χ1) is 8.03. The van der Waals surface area contributed by atoms with E-state index in [2.05, 4.69) is 38.8 Å². The van der Waals surface area contributed by atoms with Gasteiger partial charge in [-0.05, 0) is 20.9 Å². The fourth-order valence-electron chi connectivity index (χ4n) is 1.70. The van der Waals surface area contributed by atoms with Crippen molar-refractivity contribution in [3.05, 3.63) is 30.4 Å². The van der Waals surface area contributed by atoms with Crippen molar-refractivity contribution in [1.82, 2.24) is 29.6 Å². The molecule has 6 nitrogen and oxygen atoms in total. The largest absolute Gasteiger partial charge is 0.325 e. The van der Waals surface area contributed by atoms with Crippen LogP contribution in [0, 0.1) is 0 Å². The van der Waals surface area contributed by atoms with Crippen molar-refractivity contribution in [2.45, 2.75) is 25.9 Å². The molecule has 0 fully saturated rings. The van der Waals surface area contributed by atoms with Crippen molar-refractivity contribution >= 4 is 0 Å². The molecule has 1 N–H and O–H groups in total. The molecule has 2 aromatic heterocycles. The molecule has 0 saturated carbocycles. The van der Waals surface area contributed by atoms with E-state index in [1.807, 2.05) is 26.6 Å². The van der Waals surface area contributed by atoms with E-state index < -0.39 is 0 Å². The zero-order valence-corrected chi connectivity index (χ0v) is 10.7. The second-order valence-electron chi connectivity index (χ2n) is 4.62. The number of rotatable bonds is 4. The third-order valence-corrected chi connectivity index (χ3v) is 2.94. The van der Waals surface area contributed by atoms with Crippen molar-refractivity contribution in [3.8, 4) is 0 Å². The van der Waals surface area contributed by atoms with E-state index in [0.29, 0.717) is 6.54 Å². The first-order valence-electron chi connectivity index (χ1n) is 5.57. The zero-order valence-electron chi connectivity index (χ0n) is 10.7. The van der Waals surface area contributed by atoms with Crippen LogP contribution in [0.15, 0.2) is 18.9 Å². The van der Waals surface area contributed by atoms with Gasteiger partial charge in [-0.25, -0.2) is 9.97 Å². The molecule has 0 aliphatic heterocycles. The summed E-state index contributed by atoms with van der Waals surface area (Å²) in [6.07, 6.45) is 5.39. The highest BCUT2D eigenvalue weighted by atomic mass is 15.3. The summed E-state index contributed by atoms with van der Waals surface area (Å²) in [6, 6.07) is 0. The van der Waals surface area contributed by atoms with Crippen molar-refractivity contribution in [1.29, 1.82) is 0 Å². The highest BCUT2D eigenvalue weighted by Crippen LogP contribution is 2.19. The zero-order chi connectivity index (χ0) is 12.5. The second-order valence-corrected chi connectivity index (χ2v) is 4.62. The maximum atomic E-state index is 4.27. The molecule has 0 atom stereocenters. The maximum Gasteiger partial charge on any atom is 0.170 e. The van der Waals surface area contributed by atoms with Gasteiger partial charge in [0, 0.05) is 7.05 Å².